The van der Waals surface area contributed by atoms with Crippen molar-refractivity contribution < 1.29 is 4.74 Å². The van der Waals surface area contributed by atoms with Crippen molar-refractivity contribution in [1.29, 1.82) is 5.26 Å². The molecule has 4 aromatic rings. The summed E-state index contributed by atoms with van der Waals surface area (Å²) in [7, 11) is 0. The molecule has 0 fully saturated rings. The van der Waals surface area contributed by atoms with E-state index in [2.05, 4.69) is 30.1 Å². The highest BCUT2D eigenvalue weighted by Crippen LogP contribution is 2.47. The number of pyridine rings is 1. The Hall–Kier alpha value is -3.55. The molecule has 0 radical (unpaired) electrons. The highest BCUT2D eigenvalue weighted by Gasteiger charge is 2.34. The number of nitrogens with zero attached hydrogens (tertiary/aromatic N) is 2. The fourth-order valence-electron chi connectivity index (χ4n) is 4.19. The Morgan fingerprint density at radius 3 is 2.73 bits per heavy atom. The molecule has 30 heavy (non-hydrogen) atoms. The van der Waals surface area contributed by atoms with Crippen LogP contribution in [0.1, 0.15) is 29.5 Å². The Kier molecular flexibility index (Phi) is 4.34. The van der Waals surface area contributed by atoms with E-state index in [0.717, 1.165) is 39.2 Å². The molecule has 0 unspecified atom stereocenters. The summed E-state index contributed by atoms with van der Waals surface area (Å²) in [5, 5.41) is 13.3. The molecule has 0 bridgehead atoms. The number of ether oxygens (including phenoxy) is 1. The molecule has 4 nitrogen and oxygen atoms in total. The van der Waals surface area contributed by atoms with Gasteiger partial charge in [0.15, 0.2) is 0 Å². The van der Waals surface area contributed by atoms with Gasteiger partial charge in [0.05, 0.1) is 11.4 Å². The summed E-state index contributed by atoms with van der Waals surface area (Å²) in [5.41, 5.74) is 10.2. The minimum Gasteiger partial charge on any atom is -0.440 e. The number of rotatable bonds is 2. The van der Waals surface area contributed by atoms with Crippen LogP contribution in [0.2, 0.25) is 5.15 Å². The first-order valence-electron chi connectivity index (χ1n) is 9.79. The second-order valence-corrected chi connectivity index (χ2v) is 7.73. The van der Waals surface area contributed by atoms with E-state index in [1.54, 1.807) is 0 Å². The lowest BCUT2D eigenvalue weighted by atomic mass is 9.81. The number of aryl methyl sites for hydroxylation is 1. The number of nitrogens with two attached hydrogens (primary N) is 1. The van der Waals surface area contributed by atoms with Crippen molar-refractivity contribution in [2.75, 3.05) is 0 Å². The van der Waals surface area contributed by atoms with Gasteiger partial charge < -0.3 is 10.5 Å². The summed E-state index contributed by atoms with van der Waals surface area (Å²) < 4.78 is 5.83. The van der Waals surface area contributed by atoms with Crippen LogP contribution in [0.15, 0.2) is 72.1 Å². The van der Waals surface area contributed by atoms with Crippen LogP contribution in [0.5, 0.6) is 5.75 Å². The standard InChI is InChI=1S/C25H18ClN3O/c1-2-14-7-9-20-16(11-14)12-18(24(26)29-20)22-19(13-27)25(28)30-21-10-8-15-5-3-4-6-17(15)23(21)22/h3-12,22H,2,28H2,1H3/t22-/m0/s1. The van der Waals surface area contributed by atoms with Crippen LogP contribution in [0.3, 0.4) is 0 Å². The Bertz CT molecular complexity index is 1400. The Balaban J connectivity index is 1.85. The first kappa shape index (κ1) is 18.5. The molecule has 1 aliphatic heterocycles. The van der Waals surface area contributed by atoms with Crippen LogP contribution < -0.4 is 10.5 Å². The third-order valence-corrected chi connectivity index (χ3v) is 6.00. The van der Waals surface area contributed by atoms with Gasteiger partial charge in [0.25, 0.3) is 0 Å². The van der Waals surface area contributed by atoms with E-state index in [9.17, 15) is 5.26 Å². The lowest BCUT2D eigenvalue weighted by molar-refractivity contribution is 0.395. The van der Waals surface area contributed by atoms with Gasteiger partial charge in [-0.2, -0.15) is 5.26 Å². The monoisotopic (exact) mass is 411 g/mol. The van der Waals surface area contributed by atoms with Gasteiger partial charge in [0.1, 0.15) is 22.5 Å². The normalized spacial score (nSPS) is 15.7. The Morgan fingerprint density at radius 1 is 1.10 bits per heavy atom. The molecule has 0 saturated carbocycles. The summed E-state index contributed by atoms with van der Waals surface area (Å²) in [4.78, 5) is 4.62. The van der Waals surface area contributed by atoms with Crippen LogP contribution in [0.25, 0.3) is 21.7 Å². The number of allylic oxidation sites excluding steroid dienone is 1. The first-order chi connectivity index (χ1) is 14.6. The van der Waals surface area contributed by atoms with E-state index in [0.29, 0.717) is 16.5 Å². The van der Waals surface area contributed by atoms with E-state index in [1.165, 1.54) is 5.56 Å². The quantitative estimate of drug-likeness (QED) is 0.422. The molecule has 146 valence electrons. The molecule has 0 spiro atoms. The second-order valence-electron chi connectivity index (χ2n) is 7.37. The van der Waals surface area contributed by atoms with Crippen LogP contribution in [-0.2, 0) is 6.42 Å². The Labute approximate surface area is 179 Å². The number of aromatic nitrogens is 1. The summed E-state index contributed by atoms with van der Waals surface area (Å²) in [6, 6.07) is 22.3. The van der Waals surface area contributed by atoms with Crippen molar-refractivity contribution in [3.63, 3.8) is 0 Å². The maximum absolute atomic E-state index is 9.95. The van der Waals surface area contributed by atoms with Crippen molar-refractivity contribution in [3.8, 4) is 11.8 Å². The van der Waals surface area contributed by atoms with Gasteiger partial charge in [-0.3, -0.25) is 0 Å². The molecule has 1 aromatic heterocycles. The number of fused-ring (bicyclic) bond motifs is 4. The molecule has 5 heteroatoms. The number of halogens is 1. The van der Waals surface area contributed by atoms with Crippen LogP contribution in [0, 0.1) is 11.3 Å². The molecule has 2 heterocycles. The van der Waals surface area contributed by atoms with E-state index in [4.69, 9.17) is 22.1 Å². The minimum absolute atomic E-state index is 0.101. The fourth-order valence-corrected chi connectivity index (χ4v) is 4.45. The maximum Gasteiger partial charge on any atom is 0.205 e. The molecule has 0 aliphatic carbocycles. The van der Waals surface area contributed by atoms with Gasteiger partial charge in [0, 0.05) is 16.5 Å². The van der Waals surface area contributed by atoms with Gasteiger partial charge in [-0.15, -0.1) is 0 Å². The van der Waals surface area contributed by atoms with E-state index < -0.39 is 5.92 Å². The average Bonchev–Trinajstić information content (AvgIpc) is 2.77. The van der Waals surface area contributed by atoms with Crippen molar-refractivity contribution >= 4 is 33.3 Å². The topological polar surface area (TPSA) is 71.9 Å². The summed E-state index contributed by atoms with van der Waals surface area (Å²) in [6.45, 7) is 2.11. The number of hydrogen-bond acceptors (Lipinski definition) is 4. The number of benzene rings is 3. The fraction of sp³-hybridized carbons (Fsp3) is 0.120. The largest absolute Gasteiger partial charge is 0.440 e. The third-order valence-electron chi connectivity index (χ3n) is 5.69. The predicted octanol–water partition coefficient (Wildman–Crippen LogP) is 5.82. The van der Waals surface area contributed by atoms with Crippen molar-refractivity contribution in [1.82, 2.24) is 4.98 Å². The van der Waals surface area contributed by atoms with Crippen molar-refractivity contribution in [3.05, 3.63) is 94.0 Å². The second kappa shape index (κ2) is 7.05. The van der Waals surface area contributed by atoms with Crippen molar-refractivity contribution in [2.45, 2.75) is 19.3 Å². The third kappa shape index (κ3) is 2.79. The summed E-state index contributed by atoms with van der Waals surface area (Å²) in [6.07, 6.45) is 0.926. The average molecular weight is 412 g/mol. The smallest absolute Gasteiger partial charge is 0.205 e. The van der Waals surface area contributed by atoms with E-state index in [1.807, 2.05) is 48.5 Å². The lowest BCUT2D eigenvalue weighted by Gasteiger charge is -2.28. The van der Waals surface area contributed by atoms with Gasteiger partial charge in [-0.1, -0.05) is 54.9 Å². The molecule has 0 amide bonds. The molecular weight excluding hydrogens is 394 g/mol. The van der Waals surface area contributed by atoms with Gasteiger partial charge in [-0.25, -0.2) is 4.98 Å². The molecule has 5 rings (SSSR count). The van der Waals surface area contributed by atoms with E-state index >= 15 is 0 Å². The van der Waals surface area contributed by atoms with Gasteiger partial charge in [0.2, 0.25) is 5.88 Å². The summed E-state index contributed by atoms with van der Waals surface area (Å²) >= 11 is 6.67. The molecular formula is C25H18ClN3O. The Morgan fingerprint density at radius 2 is 1.93 bits per heavy atom. The highest BCUT2D eigenvalue weighted by atomic mass is 35.5. The van der Waals surface area contributed by atoms with Crippen molar-refractivity contribution in [2.24, 2.45) is 5.73 Å². The first-order valence-corrected chi connectivity index (χ1v) is 10.2. The number of hydrogen-bond donors (Lipinski definition) is 1. The highest BCUT2D eigenvalue weighted by molar-refractivity contribution is 6.30. The molecule has 0 saturated heterocycles. The summed E-state index contributed by atoms with van der Waals surface area (Å²) in [5.74, 6) is 0.275. The molecule has 1 aliphatic rings. The zero-order valence-corrected chi connectivity index (χ0v) is 17.1. The zero-order valence-electron chi connectivity index (χ0n) is 16.3. The van der Waals surface area contributed by atoms with Gasteiger partial charge in [-0.05, 0) is 47.0 Å². The van der Waals surface area contributed by atoms with Crippen LogP contribution >= 0.6 is 11.6 Å². The SMILES string of the molecule is CCc1ccc2nc(Cl)c([C@H]3C(C#N)=C(N)Oc4ccc5ccccc5c43)cc2c1. The van der Waals surface area contributed by atoms with E-state index in [-0.39, 0.29) is 5.88 Å². The molecule has 3 aromatic carbocycles. The number of nitriles is 1. The van der Waals surface area contributed by atoms with Gasteiger partial charge >= 0.3 is 0 Å². The maximum atomic E-state index is 9.95. The lowest BCUT2D eigenvalue weighted by Crippen LogP contribution is -2.21. The minimum atomic E-state index is -0.459. The molecule has 1 atom stereocenters. The van der Waals surface area contributed by atoms with Crippen LogP contribution in [0.4, 0.5) is 0 Å². The predicted molar refractivity (Wildman–Crippen MR) is 119 cm³/mol. The zero-order chi connectivity index (χ0) is 20.8. The molecule has 2 N–H and O–H groups in total. The van der Waals surface area contributed by atoms with Crippen LogP contribution in [-0.4, -0.2) is 4.98 Å².